The molecule has 16 rings (SSSR count). The Kier molecular flexibility index (Phi) is 33.4. The van der Waals surface area contributed by atoms with Crippen LogP contribution in [0.25, 0.3) is 44.8 Å². The van der Waals surface area contributed by atoms with Crippen molar-refractivity contribution in [3.05, 3.63) is 167 Å². The van der Waals surface area contributed by atoms with Crippen molar-refractivity contribution in [3.63, 3.8) is 0 Å². The summed E-state index contributed by atoms with van der Waals surface area (Å²) < 4.78 is 125. The summed E-state index contributed by atoms with van der Waals surface area (Å²) >= 11 is 15.2. The molecule has 52 nitrogen and oxygen atoms in total. The molecule has 0 amide bonds. The second kappa shape index (κ2) is 43.0. The Bertz CT molecular complexity index is 6220. The van der Waals surface area contributed by atoms with Crippen LogP contribution in [0.3, 0.4) is 0 Å². The summed E-state index contributed by atoms with van der Waals surface area (Å²) in [5, 5.41) is 61.7. The maximum atomic E-state index is 15.1. The number of nitrogen functional groups attached to an aromatic ring is 3. The molecule has 0 bridgehead atoms. The second-order valence-electron chi connectivity index (χ2n) is 28.6. The minimum atomic E-state index is -4.47. The van der Waals surface area contributed by atoms with Crippen molar-refractivity contribution in [1.29, 1.82) is 0 Å². The van der Waals surface area contributed by atoms with Crippen LogP contribution in [-0.2, 0) is 110 Å². The van der Waals surface area contributed by atoms with Gasteiger partial charge in [-0.05, 0) is 30.3 Å². The first-order chi connectivity index (χ1) is 60.7. The number of methoxy groups -OCH3 is 1. The second-order valence-corrected chi connectivity index (χ2v) is 36.7. The van der Waals surface area contributed by atoms with Gasteiger partial charge in [-0.2, -0.15) is 0 Å². The van der Waals surface area contributed by atoms with Crippen LogP contribution in [0, 0.1) is 24.7 Å². The summed E-state index contributed by atoms with van der Waals surface area (Å²) in [6, 6.07) is 10.0. The number of H-pyrrole nitrogens is 3. The van der Waals surface area contributed by atoms with Gasteiger partial charge in [0.15, 0.2) is 54.8 Å². The Morgan fingerprint density at radius 2 is 1.00 bits per heavy atom. The molecule has 706 valence electrons. The Morgan fingerprint density at radius 3 is 1.50 bits per heavy atom. The van der Waals surface area contributed by atoms with Gasteiger partial charge in [-0.25, -0.2) is 48.7 Å². The van der Waals surface area contributed by atoms with Gasteiger partial charge in [0.1, 0.15) is 141 Å². The van der Waals surface area contributed by atoms with E-state index in [-0.39, 0.29) is 61.5 Å². The van der Waals surface area contributed by atoms with E-state index in [0.29, 0.717) is 44.9 Å². The van der Waals surface area contributed by atoms with Crippen LogP contribution in [0.5, 0.6) is 0 Å². The SMILES string of the molecule is C#CCOC1[C@@H](OP(=O)([S-])OC[C@H]2O[C@@H](n3cnc4c(N)ccnc43)C[C@H]2O)[C@@H](CO)O[C@H]1n1ccc(=O)[nH]c1=O.C#CCOC1[C@@H](OP([O-])(=S)OC[C@H]2O[C@@H](n3cnc4c(N)ccnc43)C(F)[C@H]2O)[C@@H](CO)O[C@H]1n1ccc(=O)[nH]c1=O.COC1[C@@H](O)[C@@H](COP([O-])(=S)O[C@@H]2C[C@H](n3cc(-c4ccco4)c(=O)[nH]c3=O)O[C@@H]2CO)O[C@H]1n1cnc2c(N)ccnc21.[NH4+].[NH4+].[NH4+]. The number of furan rings is 1. The number of aromatic nitrogens is 15. The molecule has 6 fully saturated rings. The number of aliphatic hydroxyl groups excluding tert-OH is 6. The number of pyridine rings is 3. The van der Waals surface area contributed by atoms with Crippen LogP contribution in [0.2, 0.25) is 0 Å². The fraction of sp³-hybridized carbons (Fsp3) is 0.465. The lowest BCUT2D eigenvalue weighted by Crippen LogP contribution is -2.41. The van der Waals surface area contributed by atoms with E-state index in [2.05, 4.69) is 56.7 Å². The average Bonchev–Trinajstić information content (AvgIpc) is 1.66. The molecular weight excluding hydrogens is 1850 g/mol. The number of quaternary nitrogens is 3. The van der Waals surface area contributed by atoms with Crippen LogP contribution in [-0.4, -0.2) is 261 Å². The number of aromatic amines is 3. The minimum absolute atomic E-state index is 0. The van der Waals surface area contributed by atoms with Gasteiger partial charge >= 0.3 is 17.1 Å². The Morgan fingerprint density at radius 1 is 0.554 bits per heavy atom. The van der Waals surface area contributed by atoms with E-state index in [1.54, 1.807) is 33.4 Å². The fourth-order valence-corrected chi connectivity index (χ4v) is 19.0. The van der Waals surface area contributed by atoms with Crippen molar-refractivity contribution in [2.75, 3.05) is 77.2 Å². The van der Waals surface area contributed by atoms with E-state index >= 15 is 4.39 Å². The van der Waals surface area contributed by atoms with Crippen molar-refractivity contribution < 1.29 is 124 Å². The molecule has 6 saturated heterocycles. The standard InChI is InChI=1S/C25H29N6O11PS.C23H26FN6O10PS.C23H27N6O10PS.3H3N/c1-37-21-20(33)17(41-24(21)31-11-28-19-13(26)4-5-27-22(19)31)10-39-43(36,44)42-15-7-18(40-16(15)9-32)30-8-12(14-3-2-6-38-14)23(34)29-25(30)35;1-2-7-36-19-18(12(8-31)38-22(19)29-6-4-14(32)28-23(29)34)40-41(35,42)37-9-13-17(33)15(24)21(39-13)30-10-27-16-11(25)3-5-26-20(16)30;1-2-7-35-20-19(14(9-30)38-22(20)28-6-4-16(32)27-23(28)33)39-40(34,41)36-10-15-13(31)8-17(37-15)29-11-26-18-12(24)3-5-25-21(18)29;;;/h2-6,8,11,15-18,20-21,24,32-33H,7,9-10H2,1H3,(H2,26,27)(H,36,44)(H,29,34,35);1,3-6,10,12-13,15,17-19,21-22,31,33H,7-9H2,(H2,25,26)(H,35,42)(H,28,32,34);1,3-6,11,13-15,17,19-20,22,30-31H,7-10H2,(H2,24,25)(H,34,41)(H,27,32,33);3*1H3/t15-,16-,17-,18-,20+,21?,24-,43?;12-,13-,15?,17+,18+,19?,21-,22-,41?;13-,14-,15-,17-,19+,20?,22-,40?;;;/m111.../s1. The highest BCUT2D eigenvalue weighted by molar-refractivity contribution is 8.32. The van der Waals surface area contributed by atoms with Gasteiger partial charge in [-0.1, -0.05) is 35.5 Å². The first-order valence-electron chi connectivity index (χ1n) is 38.0. The molecule has 0 radical (unpaired) electrons. The van der Waals surface area contributed by atoms with Gasteiger partial charge in [-0.15, -0.1) is 12.8 Å². The lowest BCUT2D eigenvalue weighted by atomic mass is 10.1. The van der Waals surface area contributed by atoms with Crippen LogP contribution in [0.15, 0.2) is 138 Å². The molecule has 0 aliphatic carbocycles. The van der Waals surface area contributed by atoms with Crippen molar-refractivity contribution in [3.8, 4) is 36.0 Å². The third-order valence-corrected chi connectivity index (χ3v) is 25.4. The predicted molar refractivity (Wildman–Crippen MR) is 456 cm³/mol. The number of halogens is 1. The summed E-state index contributed by atoms with van der Waals surface area (Å²) in [5.41, 5.74) is 16.9. The van der Waals surface area contributed by atoms with Crippen molar-refractivity contribution in [2.45, 2.75) is 148 Å². The number of hydrogen-bond donors (Lipinski definition) is 15. The molecule has 130 heavy (non-hydrogen) atoms. The zero-order valence-corrected chi connectivity index (χ0v) is 73.8. The highest BCUT2D eigenvalue weighted by Gasteiger charge is 2.53. The van der Waals surface area contributed by atoms with E-state index in [1.807, 2.05) is 0 Å². The van der Waals surface area contributed by atoms with Crippen LogP contribution >= 0.6 is 20.2 Å². The smallest absolute Gasteiger partial charge is 0.330 e. The minimum Gasteiger partial charge on any atom is -0.780 e. The van der Waals surface area contributed by atoms with Gasteiger partial charge in [0.25, 0.3) is 16.7 Å². The van der Waals surface area contributed by atoms with Crippen LogP contribution < -0.4 is 79.2 Å². The maximum absolute atomic E-state index is 15.1. The molecule has 25 atom stereocenters. The van der Waals surface area contributed by atoms with E-state index in [1.165, 1.54) is 74.0 Å². The number of nitrogens with two attached hydrogens (primary N) is 3. The van der Waals surface area contributed by atoms with Crippen LogP contribution in [0.1, 0.15) is 50.2 Å². The number of imidazole rings is 3. The summed E-state index contributed by atoms with van der Waals surface area (Å²) in [6.45, 7) is -17.0. The Balaban J connectivity index is 0.000000186. The first kappa shape index (κ1) is 101. The Labute approximate surface area is 745 Å². The molecule has 10 aromatic heterocycles. The molecule has 6 aliphatic rings. The number of fused-ring (bicyclic) bond motifs is 3. The van der Waals surface area contributed by atoms with Crippen molar-refractivity contribution in [2.24, 2.45) is 0 Å². The largest absolute Gasteiger partial charge is 0.780 e. The van der Waals surface area contributed by atoms with E-state index < -0.39 is 229 Å². The van der Waals surface area contributed by atoms with Gasteiger partial charge in [-0.3, -0.25) is 61.3 Å². The summed E-state index contributed by atoms with van der Waals surface area (Å²) in [5.74, 6) is 4.74. The summed E-state index contributed by atoms with van der Waals surface area (Å²) in [6.07, 6.45) is -1.78. The van der Waals surface area contributed by atoms with Gasteiger partial charge < -0.3 is 163 Å². The number of anilines is 3. The number of terminal acetylenes is 2. The number of rotatable bonds is 30. The molecule has 0 saturated carbocycles. The molecule has 0 aromatic carbocycles. The number of aliphatic hydroxyl groups is 6. The number of nitrogens with one attached hydrogen (secondary N) is 3. The lowest BCUT2D eigenvalue weighted by molar-refractivity contribution is -0.218. The summed E-state index contributed by atoms with van der Waals surface area (Å²) in [4.78, 5) is 131. The predicted octanol–water partition coefficient (Wildman–Crippen LogP) is -2.28. The first-order valence-corrected chi connectivity index (χ1v) is 45.6. The molecule has 6 aliphatic heterocycles. The normalized spacial score (nSPS) is 28.9. The molecular formula is C71H91FN21O31P3S3. The maximum Gasteiger partial charge on any atom is 0.330 e. The zero-order chi connectivity index (χ0) is 90.7. The number of nitrogens with zero attached hydrogens (tertiary/aromatic N) is 12. The topological polar surface area (TPSA) is 780 Å². The molecule has 27 N–H and O–H groups in total. The van der Waals surface area contributed by atoms with Crippen molar-refractivity contribution in [1.82, 2.24) is 90.7 Å². The summed E-state index contributed by atoms with van der Waals surface area (Å²) in [7, 11) is 1.40. The fourth-order valence-electron chi connectivity index (χ4n) is 14.7. The third-order valence-electron chi connectivity index (χ3n) is 20.7. The lowest BCUT2D eigenvalue weighted by Gasteiger charge is -2.34. The number of ether oxygens (including phenoxy) is 9. The Hall–Kier alpha value is -9.53. The molecule has 7 unspecified atom stereocenters. The quantitative estimate of drug-likeness (QED) is 0.0128. The van der Waals surface area contributed by atoms with E-state index in [4.69, 9.17) is 140 Å². The van der Waals surface area contributed by atoms with E-state index in [9.17, 15) is 73.8 Å². The monoisotopic (exact) mass is 1940 g/mol. The third kappa shape index (κ3) is 21.9. The van der Waals surface area contributed by atoms with Gasteiger partial charge in [0, 0.05) is 69.3 Å². The molecule has 0 spiro atoms. The molecule has 59 heteroatoms. The van der Waals surface area contributed by atoms with Crippen molar-refractivity contribution >= 4 is 107 Å². The van der Waals surface area contributed by atoms with Gasteiger partial charge in [0.2, 0.25) is 0 Å². The average molecular weight is 1940 g/mol. The van der Waals surface area contributed by atoms with Gasteiger partial charge in [0.05, 0.1) is 99.7 Å². The molecule has 10 aromatic rings. The highest BCUT2D eigenvalue weighted by atomic mass is 32.7. The highest BCUT2D eigenvalue weighted by Crippen LogP contribution is 2.53. The molecule has 16 heterocycles. The van der Waals surface area contributed by atoms with Crippen LogP contribution in [0.4, 0.5) is 21.5 Å². The number of hydrogen-bond acceptors (Lipinski definition) is 43. The van der Waals surface area contributed by atoms with E-state index in [0.717, 1.165) is 32.0 Å². The number of alkyl halides is 1. The zero-order valence-electron chi connectivity index (χ0n) is 68.7.